The first-order chi connectivity index (χ1) is 8.42. The van der Waals surface area contributed by atoms with Gasteiger partial charge in [0.25, 0.3) is 0 Å². The topological polar surface area (TPSA) is 44.5 Å². The molecule has 0 bridgehead atoms. The number of nitrogens with two attached hydrogens (primary N) is 1. The maximum Gasteiger partial charge on any atom is 0.522 e. The lowest BCUT2D eigenvalue weighted by Gasteiger charge is -2.11. The van der Waals surface area contributed by atoms with Crippen LogP contribution in [-0.4, -0.2) is 26.1 Å². The van der Waals surface area contributed by atoms with Crippen LogP contribution in [-0.2, 0) is 11.2 Å². The Bertz CT molecular complexity index is 385. The van der Waals surface area contributed by atoms with E-state index < -0.39 is 13.0 Å². The molecule has 0 saturated carbocycles. The molecule has 0 heterocycles. The van der Waals surface area contributed by atoms with Gasteiger partial charge in [-0.15, -0.1) is 13.2 Å². The second-order valence-corrected chi connectivity index (χ2v) is 4.30. The highest BCUT2D eigenvalue weighted by Crippen LogP contribution is 2.26. The number of hydrogen-bond donors (Lipinski definition) is 1. The van der Waals surface area contributed by atoms with Crippen molar-refractivity contribution in [1.82, 2.24) is 0 Å². The number of rotatable bonds is 6. The van der Waals surface area contributed by atoms with Crippen molar-refractivity contribution in [2.75, 3.05) is 19.8 Å². The van der Waals surface area contributed by atoms with Crippen molar-refractivity contribution in [1.29, 1.82) is 0 Å². The molecule has 3 nitrogen and oxygen atoms in total. The first-order valence-electron chi connectivity index (χ1n) is 5.24. The van der Waals surface area contributed by atoms with Crippen LogP contribution in [0.15, 0.2) is 22.7 Å². The molecule has 0 spiro atoms. The van der Waals surface area contributed by atoms with Crippen LogP contribution >= 0.6 is 15.9 Å². The van der Waals surface area contributed by atoms with E-state index in [1.165, 1.54) is 0 Å². The van der Waals surface area contributed by atoms with Crippen LogP contribution in [0.1, 0.15) is 5.56 Å². The summed E-state index contributed by atoms with van der Waals surface area (Å²) in [5, 5.41) is 0. The molecule has 0 amide bonds. The predicted octanol–water partition coefficient (Wildman–Crippen LogP) is 2.87. The maximum absolute atomic E-state index is 11.7. The average Bonchev–Trinajstić information content (AvgIpc) is 2.26. The van der Waals surface area contributed by atoms with Gasteiger partial charge in [-0.05, 0) is 46.6 Å². The molecule has 1 aromatic carbocycles. The van der Waals surface area contributed by atoms with Gasteiger partial charge in [0.1, 0.15) is 12.4 Å². The molecular formula is C11H13BrF3NO2. The molecule has 2 N–H and O–H groups in total. The van der Waals surface area contributed by atoms with Gasteiger partial charge in [0.05, 0.1) is 11.1 Å². The Kier molecular flexibility index (Phi) is 5.90. The highest BCUT2D eigenvalue weighted by Gasteiger charge is 2.28. The third-order valence-electron chi connectivity index (χ3n) is 2.04. The number of ether oxygens (including phenoxy) is 2. The zero-order chi connectivity index (χ0) is 13.6. The summed E-state index contributed by atoms with van der Waals surface area (Å²) in [6, 6.07) is 5.33. The van der Waals surface area contributed by atoms with Crippen LogP contribution in [0.4, 0.5) is 13.2 Å². The molecular weight excluding hydrogens is 315 g/mol. The molecule has 102 valence electrons. The molecule has 7 heteroatoms. The summed E-state index contributed by atoms with van der Waals surface area (Å²) in [5.41, 5.74) is 6.45. The highest BCUT2D eigenvalue weighted by atomic mass is 79.9. The fraction of sp³-hybridized carbons (Fsp3) is 0.455. The first-order valence-corrected chi connectivity index (χ1v) is 6.03. The molecule has 1 aromatic rings. The van der Waals surface area contributed by atoms with Gasteiger partial charge >= 0.3 is 6.36 Å². The first kappa shape index (κ1) is 15.3. The van der Waals surface area contributed by atoms with Gasteiger partial charge in [-0.2, -0.15) is 0 Å². The standard InChI is InChI=1S/C11H13BrF3NO2/c12-9-7-8(3-4-16)1-2-10(9)17-5-6-18-11(13,14)15/h1-2,7H,3-6,16H2. The Labute approximate surface area is 111 Å². The minimum Gasteiger partial charge on any atom is -0.490 e. The molecule has 1 rings (SSSR count). The lowest BCUT2D eigenvalue weighted by atomic mass is 10.1. The zero-order valence-corrected chi connectivity index (χ0v) is 11.1. The molecule has 18 heavy (non-hydrogen) atoms. The van der Waals surface area contributed by atoms with Gasteiger partial charge in [0, 0.05) is 0 Å². The van der Waals surface area contributed by atoms with Crippen molar-refractivity contribution < 1.29 is 22.6 Å². The minimum absolute atomic E-state index is 0.172. The molecule has 0 atom stereocenters. The van der Waals surface area contributed by atoms with Gasteiger partial charge in [-0.1, -0.05) is 6.07 Å². The number of halogens is 4. The molecule has 0 aliphatic carbocycles. The normalized spacial score (nSPS) is 11.6. The van der Waals surface area contributed by atoms with E-state index in [1.807, 2.05) is 12.1 Å². The summed E-state index contributed by atoms with van der Waals surface area (Å²) in [6.45, 7) is -0.180. The average molecular weight is 328 g/mol. The molecule has 0 saturated heterocycles. The van der Waals surface area contributed by atoms with Crippen molar-refractivity contribution in [3.63, 3.8) is 0 Å². The van der Waals surface area contributed by atoms with Crippen molar-refractivity contribution in [3.8, 4) is 5.75 Å². The van der Waals surface area contributed by atoms with E-state index in [1.54, 1.807) is 6.07 Å². The zero-order valence-electron chi connectivity index (χ0n) is 9.47. The Morgan fingerprint density at radius 2 is 1.94 bits per heavy atom. The SMILES string of the molecule is NCCc1ccc(OCCOC(F)(F)F)c(Br)c1. The van der Waals surface area contributed by atoms with E-state index in [9.17, 15) is 13.2 Å². The molecule has 0 aromatic heterocycles. The van der Waals surface area contributed by atoms with E-state index in [4.69, 9.17) is 10.5 Å². The lowest BCUT2D eigenvalue weighted by Crippen LogP contribution is -2.18. The Morgan fingerprint density at radius 3 is 2.50 bits per heavy atom. The second kappa shape index (κ2) is 6.96. The van der Waals surface area contributed by atoms with Gasteiger partial charge in [-0.25, -0.2) is 0 Å². The van der Waals surface area contributed by atoms with E-state index in [0.717, 1.165) is 12.0 Å². The summed E-state index contributed by atoms with van der Waals surface area (Å²) in [7, 11) is 0. The summed E-state index contributed by atoms with van der Waals surface area (Å²) >= 11 is 3.28. The Morgan fingerprint density at radius 1 is 1.22 bits per heavy atom. The number of alkyl halides is 3. The van der Waals surface area contributed by atoms with Gasteiger partial charge in [-0.3, -0.25) is 4.74 Å². The summed E-state index contributed by atoms with van der Waals surface area (Å²) < 4.78 is 44.5. The molecule has 0 fully saturated rings. The number of benzene rings is 1. The van der Waals surface area contributed by atoms with Crippen LogP contribution in [0.2, 0.25) is 0 Å². The van der Waals surface area contributed by atoms with Crippen molar-refractivity contribution in [3.05, 3.63) is 28.2 Å². The van der Waals surface area contributed by atoms with Crippen LogP contribution in [0.3, 0.4) is 0 Å². The number of hydrogen-bond acceptors (Lipinski definition) is 3. The quantitative estimate of drug-likeness (QED) is 0.817. The van der Waals surface area contributed by atoms with E-state index in [2.05, 4.69) is 20.7 Å². The summed E-state index contributed by atoms with van der Waals surface area (Å²) in [5.74, 6) is 0.474. The van der Waals surface area contributed by atoms with E-state index >= 15 is 0 Å². The van der Waals surface area contributed by atoms with Crippen molar-refractivity contribution in [2.24, 2.45) is 5.73 Å². The highest BCUT2D eigenvalue weighted by molar-refractivity contribution is 9.10. The molecule has 0 radical (unpaired) electrons. The van der Waals surface area contributed by atoms with Gasteiger partial charge < -0.3 is 10.5 Å². The van der Waals surface area contributed by atoms with E-state index in [-0.39, 0.29) is 6.61 Å². The lowest BCUT2D eigenvalue weighted by molar-refractivity contribution is -0.325. The van der Waals surface area contributed by atoms with E-state index in [0.29, 0.717) is 16.8 Å². The maximum atomic E-state index is 11.7. The van der Waals surface area contributed by atoms with Crippen molar-refractivity contribution in [2.45, 2.75) is 12.8 Å². The fourth-order valence-electron chi connectivity index (χ4n) is 1.29. The largest absolute Gasteiger partial charge is 0.522 e. The Balaban J connectivity index is 2.43. The smallest absolute Gasteiger partial charge is 0.490 e. The van der Waals surface area contributed by atoms with Crippen LogP contribution in [0, 0.1) is 0 Å². The monoisotopic (exact) mass is 327 g/mol. The molecule has 0 aliphatic heterocycles. The molecule has 0 aliphatic rings. The Hall–Kier alpha value is -0.790. The van der Waals surface area contributed by atoms with Crippen LogP contribution in [0.25, 0.3) is 0 Å². The minimum atomic E-state index is -4.62. The second-order valence-electron chi connectivity index (χ2n) is 3.45. The summed E-state index contributed by atoms with van der Waals surface area (Å²) in [4.78, 5) is 0. The molecule has 0 unspecified atom stereocenters. The van der Waals surface area contributed by atoms with Crippen molar-refractivity contribution >= 4 is 15.9 Å². The predicted molar refractivity (Wildman–Crippen MR) is 64.4 cm³/mol. The third-order valence-corrected chi connectivity index (χ3v) is 2.66. The van der Waals surface area contributed by atoms with Crippen LogP contribution in [0.5, 0.6) is 5.75 Å². The van der Waals surface area contributed by atoms with Gasteiger partial charge in [0.15, 0.2) is 0 Å². The summed E-state index contributed by atoms with van der Waals surface area (Å²) in [6.07, 6.45) is -3.89. The third kappa shape index (κ3) is 5.70. The fourth-order valence-corrected chi connectivity index (χ4v) is 1.83. The van der Waals surface area contributed by atoms with Gasteiger partial charge in [0.2, 0.25) is 0 Å². The van der Waals surface area contributed by atoms with Crippen LogP contribution < -0.4 is 10.5 Å².